The van der Waals surface area contributed by atoms with Gasteiger partial charge < -0.3 is 0 Å². The first kappa shape index (κ1) is 21.7. The van der Waals surface area contributed by atoms with Crippen molar-refractivity contribution in [2.75, 3.05) is 12.1 Å². The second-order valence-corrected chi connectivity index (χ2v) is 8.40. The minimum atomic E-state index is -4.65. The lowest BCUT2D eigenvalue weighted by Crippen LogP contribution is -2.39. The third-order valence-corrected chi connectivity index (χ3v) is 5.55. The molecule has 9 nitrogen and oxygen atoms in total. The lowest BCUT2D eigenvalue weighted by molar-refractivity contribution is -0.117. The van der Waals surface area contributed by atoms with E-state index in [1.54, 1.807) is 6.07 Å². The van der Waals surface area contributed by atoms with Gasteiger partial charge in [-0.1, -0.05) is 36.4 Å². The summed E-state index contributed by atoms with van der Waals surface area (Å²) in [5.41, 5.74) is 2.94. The van der Waals surface area contributed by atoms with Crippen molar-refractivity contribution in [2.24, 2.45) is 0 Å². The Labute approximate surface area is 162 Å². The van der Waals surface area contributed by atoms with Crippen LogP contribution in [0.15, 0.2) is 52.3 Å². The Morgan fingerprint density at radius 1 is 0.929 bits per heavy atom. The molecule has 0 radical (unpaired) electrons. The summed E-state index contributed by atoms with van der Waals surface area (Å²) in [7, 11) is -7.66. The van der Waals surface area contributed by atoms with E-state index >= 15 is 0 Å². The van der Waals surface area contributed by atoms with E-state index in [9.17, 15) is 30.7 Å². The molecule has 28 heavy (non-hydrogen) atoms. The molecule has 0 spiro atoms. The van der Waals surface area contributed by atoms with E-state index in [0.717, 1.165) is 11.1 Å². The van der Waals surface area contributed by atoms with Crippen molar-refractivity contribution >= 4 is 44.0 Å². The first-order chi connectivity index (χ1) is 12.9. The quantitative estimate of drug-likeness (QED) is 0.361. The van der Waals surface area contributed by atoms with E-state index in [4.69, 9.17) is 0 Å². The predicted molar refractivity (Wildman–Crippen MR) is 104 cm³/mol. The number of carbonyl (C=O) groups excluding carboxylic acids is 1. The first-order valence-corrected chi connectivity index (χ1v) is 10.7. The zero-order valence-electron chi connectivity index (χ0n) is 14.9. The van der Waals surface area contributed by atoms with Crippen molar-refractivity contribution in [2.45, 2.75) is 16.7 Å². The van der Waals surface area contributed by atoms with Crippen molar-refractivity contribution in [3.05, 3.63) is 53.6 Å². The van der Waals surface area contributed by atoms with Gasteiger partial charge in [0, 0.05) is 14.0 Å². The molecule has 0 saturated carbocycles. The van der Waals surface area contributed by atoms with Crippen molar-refractivity contribution in [3.8, 4) is 0 Å². The van der Waals surface area contributed by atoms with Gasteiger partial charge in [0.2, 0.25) is 5.91 Å². The molecule has 0 saturated heterocycles. The van der Waals surface area contributed by atoms with Crippen LogP contribution < -0.4 is 10.4 Å². The van der Waals surface area contributed by atoms with Crippen LogP contribution in [0.3, 0.4) is 0 Å². The minimum absolute atomic E-state index is 0.0518. The smallest absolute Gasteiger partial charge is 0.282 e. The Bertz CT molecular complexity index is 1140. The molecule has 0 fully saturated rings. The molecular weight excluding hydrogens is 408 g/mol. The largest absolute Gasteiger partial charge is 0.295 e. The van der Waals surface area contributed by atoms with E-state index in [2.05, 4.69) is 5.43 Å². The average Bonchev–Trinajstić information content (AvgIpc) is 2.59. The summed E-state index contributed by atoms with van der Waals surface area (Å²) in [6, 6.07) is 9.46. The van der Waals surface area contributed by atoms with Gasteiger partial charge in [0.05, 0.1) is 5.69 Å². The molecular formula is C17H18N2O7S2. The molecule has 0 atom stereocenters. The topological polar surface area (TPSA) is 141 Å². The van der Waals surface area contributed by atoms with Gasteiger partial charge >= 0.3 is 0 Å². The molecule has 0 aliphatic carbocycles. The highest BCUT2D eigenvalue weighted by atomic mass is 32.2. The Morgan fingerprint density at radius 3 is 1.96 bits per heavy atom. The van der Waals surface area contributed by atoms with Crippen molar-refractivity contribution in [1.82, 2.24) is 5.43 Å². The van der Waals surface area contributed by atoms with Crippen LogP contribution in [0, 0.1) is 0 Å². The highest BCUT2D eigenvalue weighted by molar-refractivity contribution is 7.86. The third kappa shape index (κ3) is 5.03. The molecule has 2 aromatic carbocycles. The maximum atomic E-state index is 11.8. The van der Waals surface area contributed by atoms with Gasteiger partial charge in [-0.25, -0.2) is 10.4 Å². The summed E-state index contributed by atoms with van der Waals surface area (Å²) < 4.78 is 65.3. The number of rotatable bonds is 6. The molecule has 1 amide bonds. The van der Waals surface area contributed by atoms with Gasteiger partial charge in [0.25, 0.3) is 20.2 Å². The fourth-order valence-electron chi connectivity index (χ4n) is 2.52. The summed E-state index contributed by atoms with van der Waals surface area (Å²) in [5, 5.41) is 1.08. The molecule has 2 rings (SSSR count). The Kier molecular flexibility index (Phi) is 6.37. The third-order valence-electron chi connectivity index (χ3n) is 3.71. The normalized spacial score (nSPS) is 12.3. The average molecular weight is 426 g/mol. The van der Waals surface area contributed by atoms with Crippen LogP contribution >= 0.6 is 0 Å². The highest BCUT2D eigenvalue weighted by Gasteiger charge is 2.19. The van der Waals surface area contributed by atoms with Crippen LogP contribution in [-0.2, 0) is 25.0 Å². The van der Waals surface area contributed by atoms with E-state index in [-0.39, 0.29) is 21.7 Å². The van der Waals surface area contributed by atoms with E-state index in [1.807, 2.05) is 0 Å². The van der Waals surface area contributed by atoms with Crippen LogP contribution in [0.4, 0.5) is 5.69 Å². The van der Waals surface area contributed by atoms with E-state index < -0.39 is 31.0 Å². The SMILES string of the molecule is CNN(C(C)=O)c1ccc(C=Cc2ccccc2S(=O)(=O)O)c(S(=O)(=O)O)c1. The molecule has 0 aliphatic heterocycles. The summed E-state index contributed by atoms with van der Waals surface area (Å²) in [5.74, 6) is -0.408. The maximum Gasteiger partial charge on any atom is 0.295 e. The fourth-order valence-corrected chi connectivity index (χ4v) is 3.91. The summed E-state index contributed by atoms with van der Waals surface area (Å²) in [6.45, 7) is 1.27. The molecule has 0 heterocycles. The molecule has 0 unspecified atom stereocenters. The summed E-state index contributed by atoms with van der Waals surface area (Å²) in [6.07, 6.45) is 2.56. The standard InChI is InChI=1S/C17H18N2O7S2/c1-12(20)19(18-2)15-10-9-14(17(11-15)28(24,25)26)8-7-13-5-3-4-6-16(13)27(21,22)23/h3-11,18H,1-2H3,(H,21,22,23)(H,24,25,26). The van der Waals surface area contributed by atoms with Gasteiger partial charge in [-0.15, -0.1) is 0 Å². The van der Waals surface area contributed by atoms with Gasteiger partial charge in [0.1, 0.15) is 9.79 Å². The van der Waals surface area contributed by atoms with Gasteiger partial charge in [-0.2, -0.15) is 16.8 Å². The summed E-state index contributed by atoms with van der Waals surface area (Å²) in [4.78, 5) is 10.8. The lowest BCUT2D eigenvalue weighted by Gasteiger charge is -2.20. The summed E-state index contributed by atoms with van der Waals surface area (Å²) >= 11 is 0. The number of nitrogens with zero attached hydrogens (tertiary/aromatic N) is 1. The van der Waals surface area contributed by atoms with Gasteiger partial charge in [-0.3, -0.25) is 13.9 Å². The van der Waals surface area contributed by atoms with Gasteiger partial charge in [-0.05, 0) is 29.3 Å². The maximum absolute atomic E-state index is 11.8. The van der Waals surface area contributed by atoms with Crippen molar-refractivity contribution in [1.29, 1.82) is 0 Å². The number of carbonyl (C=O) groups is 1. The molecule has 0 bridgehead atoms. The fraction of sp³-hybridized carbons (Fsp3) is 0.118. The van der Waals surface area contributed by atoms with Crippen LogP contribution in [0.1, 0.15) is 18.1 Å². The minimum Gasteiger partial charge on any atom is -0.282 e. The highest BCUT2D eigenvalue weighted by Crippen LogP contribution is 2.25. The molecule has 150 valence electrons. The number of nitrogens with one attached hydrogen (secondary N) is 1. The zero-order valence-corrected chi connectivity index (χ0v) is 16.5. The van der Waals surface area contributed by atoms with Crippen LogP contribution in [0.2, 0.25) is 0 Å². The van der Waals surface area contributed by atoms with Crippen LogP contribution in [-0.4, -0.2) is 38.9 Å². The second-order valence-electron chi connectivity index (χ2n) is 5.62. The number of amides is 1. The van der Waals surface area contributed by atoms with Crippen LogP contribution in [0.5, 0.6) is 0 Å². The van der Waals surface area contributed by atoms with Crippen molar-refractivity contribution in [3.63, 3.8) is 0 Å². The zero-order chi connectivity index (χ0) is 21.1. The van der Waals surface area contributed by atoms with E-state index in [1.165, 1.54) is 56.5 Å². The Balaban J connectivity index is 2.59. The van der Waals surface area contributed by atoms with Crippen molar-refractivity contribution < 1.29 is 30.7 Å². The molecule has 11 heteroatoms. The lowest BCUT2D eigenvalue weighted by atomic mass is 10.1. The molecule has 0 aromatic heterocycles. The van der Waals surface area contributed by atoms with Crippen LogP contribution in [0.25, 0.3) is 12.2 Å². The monoisotopic (exact) mass is 426 g/mol. The number of benzene rings is 2. The molecule has 3 N–H and O–H groups in total. The number of hydrogen-bond acceptors (Lipinski definition) is 6. The Hall–Kier alpha value is -2.57. The van der Waals surface area contributed by atoms with Gasteiger partial charge in [0.15, 0.2) is 0 Å². The predicted octanol–water partition coefficient (Wildman–Crippen LogP) is 1.84. The molecule has 2 aromatic rings. The number of hydrazine groups is 1. The second kappa shape index (κ2) is 8.20. The number of hydrogen-bond donors (Lipinski definition) is 3. The Morgan fingerprint density at radius 2 is 1.46 bits per heavy atom. The molecule has 0 aliphatic rings. The van der Waals surface area contributed by atoms with E-state index in [0.29, 0.717) is 0 Å². The first-order valence-electron chi connectivity index (χ1n) is 7.79. The number of anilines is 1.